The molecule has 0 saturated heterocycles. The predicted octanol–water partition coefficient (Wildman–Crippen LogP) is 5.07. The van der Waals surface area contributed by atoms with Gasteiger partial charge in [-0.2, -0.15) is 0 Å². The number of methoxy groups -OCH3 is 2. The van der Waals surface area contributed by atoms with Crippen LogP contribution in [0.4, 0.5) is 0 Å². The second-order valence-corrected chi connectivity index (χ2v) is 6.45. The Morgan fingerprint density at radius 1 is 1.00 bits per heavy atom. The first kappa shape index (κ1) is 18.1. The van der Waals surface area contributed by atoms with Crippen LogP contribution in [-0.4, -0.2) is 20.3 Å². The summed E-state index contributed by atoms with van der Waals surface area (Å²) in [6.07, 6.45) is 9.74. The lowest BCUT2D eigenvalue weighted by Crippen LogP contribution is -2.24. The lowest BCUT2D eigenvalue weighted by atomic mass is 9.88. The standard InChI is InChI=1S/C20H32O3/c1-5-7-9-10-15-12-17-16(11-8-6-2)19(21-3)13-20(22-4)18(17)14-23-15/h13,15H,5-12,14H2,1-4H3. The summed E-state index contributed by atoms with van der Waals surface area (Å²) >= 11 is 0. The molecule has 0 bridgehead atoms. The Labute approximate surface area is 141 Å². The van der Waals surface area contributed by atoms with Crippen LogP contribution in [0.2, 0.25) is 0 Å². The number of unbranched alkanes of at least 4 members (excludes halogenated alkanes) is 3. The molecule has 0 amide bonds. The van der Waals surface area contributed by atoms with Gasteiger partial charge in [0.05, 0.1) is 26.9 Å². The van der Waals surface area contributed by atoms with E-state index in [0.29, 0.717) is 12.7 Å². The zero-order chi connectivity index (χ0) is 16.7. The molecule has 1 aliphatic rings. The summed E-state index contributed by atoms with van der Waals surface area (Å²) < 4.78 is 17.4. The Morgan fingerprint density at radius 3 is 2.39 bits per heavy atom. The molecule has 1 aromatic rings. The highest BCUT2D eigenvalue weighted by Gasteiger charge is 2.26. The van der Waals surface area contributed by atoms with E-state index < -0.39 is 0 Å². The third-order valence-electron chi connectivity index (χ3n) is 4.83. The van der Waals surface area contributed by atoms with Crippen molar-refractivity contribution in [1.29, 1.82) is 0 Å². The highest BCUT2D eigenvalue weighted by molar-refractivity contribution is 5.54. The summed E-state index contributed by atoms with van der Waals surface area (Å²) in [5.41, 5.74) is 4.02. The summed E-state index contributed by atoms with van der Waals surface area (Å²) in [4.78, 5) is 0. The van der Waals surface area contributed by atoms with Gasteiger partial charge in [-0.25, -0.2) is 0 Å². The minimum absolute atomic E-state index is 0.339. The van der Waals surface area contributed by atoms with Crippen molar-refractivity contribution in [3.8, 4) is 11.5 Å². The van der Waals surface area contributed by atoms with Crippen molar-refractivity contribution in [2.24, 2.45) is 0 Å². The molecule has 1 heterocycles. The molecular weight excluding hydrogens is 288 g/mol. The molecule has 0 N–H and O–H groups in total. The van der Waals surface area contributed by atoms with Crippen molar-refractivity contribution in [1.82, 2.24) is 0 Å². The van der Waals surface area contributed by atoms with Crippen molar-refractivity contribution in [3.05, 3.63) is 22.8 Å². The largest absolute Gasteiger partial charge is 0.496 e. The quantitative estimate of drug-likeness (QED) is 0.595. The van der Waals surface area contributed by atoms with Gasteiger partial charge in [0.15, 0.2) is 0 Å². The van der Waals surface area contributed by atoms with Crippen LogP contribution >= 0.6 is 0 Å². The van der Waals surface area contributed by atoms with Crippen LogP contribution in [0.3, 0.4) is 0 Å². The van der Waals surface area contributed by atoms with Crippen molar-refractivity contribution in [2.45, 2.75) is 77.9 Å². The van der Waals surface area contributed by atoms with Crippen LogP contribution in [0.5, 0.6) is 11.5 Å². The van der Waals surface area contributed by atoms with Gasteiger partial charge in [0.2, 0.25) is 0 Å². The monoisotopic (exact) mass is 320 g/mol. The third-order valence-corrected chi connectivity index (χ3v) is 4.83. The lowest BCUT2D eigenvalue weighted by Gasteiger charge is -2.29. The van der Waals surface area contributed by atoms with Crippen molar-refractivity contribution < 1.29 is 14.2 Å². The van der Waals surface area contributed by atoms with Gasteiger partial charge in [0.25, 0.3) is 0 Å². The summed E-state index contributed by atoms with van der Waals surface area (Å²) in [6, 6.07) is 2.03. The van der Waals surface area contributed by atoms with E-state index in [1.165, 1.54) is 48.8 Å². The van der Waals surface area contributed by atoms with Crippen molar-refractivity contribution >= 4 is 0 Å². The van der Waals surface area contributed by atoms with Gasteiger partial charge in [0, 0.05) is 11.6 Å². The molecule has 1 atom stereocenters. The summed E-state index contributed by atoms with van der Waals surface area (Å²) in [6.45, 7) is 5.15. The zero-order valence-corrected chi connectivity index (χ0v) is 15.2. The number of hydrogen-bond donors (Lipinski definition) is 0. The minimum atomic E-state index is 0.339. The van der Waals surface area contributed by atoms with E-state index in [1.54, 1.807) is 14.2 Å². The predicted molar refractivity (Wildman–Crippen MR) is 94.6 cm³/mol. The normalized spacial score (nSPS) is 17.0. The van der Waals surface area contributed by atoms with Gasteiger partial charge < -0.3 is 14.2 Å². The van der Waals surface area contributed by atoms with Crippen LogP contribution in [0, 0.1) is 0 Å². The van der Waals surface area contributed by atoms with Crippen molar-refractivity contribution in [3.63, 3.8) is 0 Å². The molecule has 0 saturated carbocycles. The van der Waals surface area contributed by atoms with Gasteiger partial charge in [-0.3, -0.25) is 0 Å². The molecule has 3 heteroatoms. The van der Waals surface area contributed by atoms with Gasteiger partial charge >= 0.3 is 0 Å². The SMILES string of the molecule is CCCCCC1Cc2c(CCCC)c(OC)cc(OC)c2CO1. The Balaban J connectivity index is 2.28. The Kier molecular flexibility index (Phi) is 7.22. The molecular formula is C20H32O3. The summed E-state index contributed by atoms with van der Waals surface area (Å²) in [5, 5.41) is 0. The molecule has 0 fully saturated rings. The maximum absolute atomic E-state index is 6.11. The van der Waals surface area contributed by atoms with Gasteiger partial charge in [-0.15, -0.1) is 0 Å². The van der Waals surface area contributed by atoms with Crippen LogP contribution in [-0.2, 0) is 24.2 Å². The summed E-state index contributed by atoms with van der Waals surface area (Å²) in [5.74, 6) is 1.88. The maximum Gasteiger partial charge on any atom is 0.128 e. The van der Waals surface area contributed by atoms with Crippen LogP contribution in [0.25, 0.3) is 0 Å². The van der Waals surface area contributed by atoms with E-state index >= 15 is 0 Å². The second kappa shape index (κ2) is 9.17. The van der Waals surface area contributed by atoms with Gasteiger partial charge in [-0.1, -0.05) is 39.5 Å². The molecule has 0 radical (unpaired) electrons. The molecule has 130 valence electrons. The van der Waals surface area contributed by atoms with E-state index in [-0.39, 0.29) is 0 Å². The first-order chi connectivity index (χ1) is 11.2. The van der Waals surface area contributed by atoms with E-state index in [2.05, 4.69) is 13.8 Å². The number of fused-ring (bicyclic) bond motifs is 1. The molecule has 0 aliphatic carbocycles. The van der Waals surface area contributed by atoms with Gasteiger partial charge in [-0.05, 0) is 36.8 Å². The lowest BCUT2D eigenvalue weighted by molar-refractivity contribution is 0.0201. The average molecular weight is 320 g/mol. The first-order valence-corrected chi connectivity index (χ1v) is 9.12. The number of ether oxygens (including phenoxy) is 3. The molecule has 1 aliphatic heterocycles. The Morgan fingerprint density at radius 2 is 1.74 bits per heavy atom. The fraction of sp³-hybridized carbons (Fsp3) is 0.700. The molecule has 0 aromatic heterocycles. The number of benzene rings is 1. The maximum atomic E-state index is 6.11. The van der Waals surface area contributed by atoms with Crippen LogP contribution < -0.4 is 9.47 Å². The van der Waals surface area contributed by atoms with E-state index in [9.17, 15) is 0 Å². The third kappa shape index (κ3) is 4.41. The average Bonchev–Trinajstić information content (AvgIpc) is 2.59. The Hall–Kier alpha value is -1.22. The summed E-state index contributed by atoms with van der Waals surface area (Å²) in [7, 11) is 3.49. The molecule has 23 heavy (non-hydrogen) atoms. The Bertz CT molecular complexity index is 496. The number of hydrogen-bond acceptors (Lipinski definition) is 3. The van der Waals surface area contributed by atoms with Crippen LogP contribution in [0.15, 0.2) is 6.07 Å². The smallest absolute Gasteiger partial charge is 0.128 e. The highest BCUT2D eigenvalue weighted by atomic mass is 16.5. The zero-order valence-electron chi connectivity index (χ0n) is 15.2. The molecule has 2 rings (SSSR count). The topological polar surface area (TPSA) is 27.7 Å². The van der Waals surface area contributed by atoms with E-state index in [0.717, 1.165) is 30.8 Å². The minimum Gasteiger partial charge on any atom is -0.496 e. The molecule has 3 nitrogen and oxygen atoms in total. The molecule has 1 aromatic carbocycles. The molecule has 1 unspecified atom stereocenters. The first-order valence-electron chi connectivity index (χ1n) is 9.12. The number of rotatable bonds is 9. The van der Waals surface area contributed by atoms with Crippen molar-refractivity contribution in [2.75, 3.05) is 14.2 Å². The second-order valence-electron chi connectivity index (χ2n) is 6.45. The highest BCUT2D eigenvalue weighted by Crippen LogP contribution is 2.39. The fourth-order valence-corrected chi connectivity index (χ4v) is 3.46. The van der Waals surface area contributed by atoms with E-state index in [1.807, 2.05) is 6.07 Å². The van der Waals surface area contributed by atoms with Crippen LogP contribution in [0.1, 0.15) is 69.1 Å². The fourth-order valence-electron chi connectivity index (χ4n) is 3.46. The van der Waals surface area contributed by atoms with Gasteiger partial charge in [0.1, 0.15) is 11.5 Å². The van der Waals surface area contributed by atoms with E-state index in [4.69, 9.17) is 14.2 Å². The molecule has 0 spiro atoms.